The molecule has 0 radical (unpaired) electrons. The minimum atomic E-state index is -0.797. The van der Waals surface area contributed by atoms with Crippen molar-refractivity contribution in [2.24, 2.45) is 16.6 Å². The zero-order valence-electron chi connectivity index (χ0n) is 19.6. The molecule has 0 aromatic heterocycles. The van der Waals surface area contributed by atoms with Crippen molar-refractivity contribution >= 4 is 17.8 Å². The second-order valence-corrected chi connectivity index (χ2v) is 9.11. The summed E-state index contributed by atoms with van der Waals surface area (Å²) >= 11 is 0. The summed E-state index contributed by atoms with van der Waals surface area (Å²) in [6.07, 6.45) is 1.55. The molecule has 1 rings (SSSR count). The van der Waals surface area contributed by atoms with Gasteiger partial charge in [0, 0.05) is 18.7 Å². The van der Waals surface area contributed by atoms with E-state index in [2.05, 4.69) is 50.2 Å². The van der Waals surface area contributed by atoms with Crippen molar-refractivity contribution in [3.8, 4) is 0 Å². The number of nitro groups is 1. The number of amides is 2. The number of nitrogens with zero attached hydrogens (tertiary/aromatic N) is 2. The second kappa shape index (κ2) is 12.6. The van der Waals surface area contributed by atoms with Crippen LogP contribution in [0.5, 0.6) is 0 Å². The van der Waals surface area contributed by atoms with Gasteiger partial charge in [0.1, 0.15) is 6.04 Å². The molecule has 5 N–H and O–H groups in total. The van der Waals surface area contributed by atoms with E-state index in [4.69, 9.17) is 5.73 Å². The molecule has 0 aliphatic carbocycles. The first-order chi connectivity index (χ1) is 14.9. The Morgan fingerprint density at radius 1 is 1.16 bits per heavy atom. The summed E-state index contributed by atoms with van der Waals surface area (Å²) in [6, 6.07) is 6.56. The number of hydrogen-bond acceptors (Lipinski definition) is 5. The predicted molar refractivity (Wildman–Crippen MR) is 125 cm³/mol. The number of benzene rings is 1. The van der Waals surface area contributed by atoms with Crippen LogP contribution >= 0.6 is 0 Å². The highest BCUT2D eigenvalue weighted by Gasteiger charge is 2.21. The van der Waals surface area contributed by atoms with E-state index in [1.807, 2.05) is 12.1 Å². The Labute approximate surface area is 189 Å². The molecule has 0 bridgehead atoms. The number of nitrogens with one attached hydrogen (secondary N) is 3. The lowest BCUT2D eigenvalue weighted by Crippen LogP contribution is -2.47. The Morgan fingerprint density at radius 2 is 1.78 bits per heavy atom. The third-order valence-electron chi connectivity index (χ3n) is 4.79. The molecule has 0 unspecified atom stereocenters. The average molecular weight is 449 g/mol. The zero-order valence-corrected chi connectivity index (χ0v) is 19.6. The van der Waals surface area contributed by atoms with Crippen LogP contribution in [0, 0.1) is 16.0 Å². The van der Waals surface area contributed by atoms with Crippen molar-refractivity contribution in [1.82, 2.24) is 16.1 Å². The van der Waals surface area contributed by atoms with Gasteiger partial charge in [0.15, 0.2) is 5.03 Å². The van der Waals surface area contributed by atoms with Crippen LogP contribution in [0.1, 0.15) is 69.8 Å². The van der Waals surface area contributed by atoms with Gasteiger partial charge in [0.2, 0.25) is 5.91 Å². The van der Waals surface area contributed by atoms with E-state index in [1.165, 1.54) is 0 Å². The topological polar surface area (TPSA) is 152 Å². The maximum atomic E-state index is 12.7. The van der Waals surface area contributed by atoms with Gasteiger partial charge in [-0.1, -0.05) is 52.2 Å². The molecule has 1 aromatic carbocycles. The number of nitrogens with two attached hydrogens (primary N) is 1. The van der Waals surface area contributed by atoms with Crippen LogP contribution < -0.4 is 21.8 Å². The first-order valence-corrected chi connectivity index (χ1v) is 10.8. The van der Waals surface area contributed by atoms with Crippen LogP contribution in [0.2, 0.25) is 0 Å². The van der Waals surface area contributed by atoms with Gasteiger partial charge in [-0.05, 0) is 48.3 Å². The molecule has 178 valence electrons. The predicted octanol–water partition coefficient (Wildman–Crippen LogP) is 2.12. The van der Waals surface area contributed by atoms with Gasteiger partial charge < -0.3 is 16.4 Å². The summed E-state index contributed by atoms with van der Waals surface area (Å²) < 4.78 is 0. The molecule has 0 spiro atoms. The molecule has 10 heteroatoms. The summed E-state index contributed by atoms with van der Waals surface area (Å²) in [6.45, 7) is 11.1. The van der Waals surface area contributed by atoms with Gasteiger partial charge in [-0.25, -0.2) is 15.1 Å². The molecule has 2 amide bonds. The van der Waals surface area contributed by atoms with Gasteiger partial charge in [0.25, 0.3) is 11.9 Å². The van der Waals surface area contributed by atoms with Crippen LogP contribution in [0.3, 0.4) is 0 Å². The third-order valence-corrected chi connectivity index (χ3v) is 4.79. The van der Waals surface area contributed by atoms with E-state index in [0.717, 1.165) is 12.0 Å². The van der Waals surface area contributed by atoms with Gasteiger partial charge in [0.05, 0.1) is 0 Å². The lowest BCUT2D eigenvalue weighted by molar-refractivity contribution is -0.525. The van der Waals surface area contributed by atoms with Gasteiger partial charge in [-0.3, -0.25) is 9.59 Å². The third kappa shape index (κ3) is 10.2. The fraction of sp³-hybridized carbons (Fsp3) is 0.591. The molecule has 0 aliphatic heterocycles. The van der Waals surface area contributed by atoms with E-state index in [0.29, 0.717) is 30.9 Å². The van der Waals surface area contributed by atoms with E-state index < -0.39 is 11.1 Å². The Balaban J connectivity index is 2.79. The van der Waals surface area contributed by atoms with E-state index in [9.17, 15) is 19.7 Å². The summed E-state index contributed by atoms with van der Waals surface area (Å²) in [4.78, 5) is 39.6. The molecule has 1 aromatic rings. The largest absolute Gasteiger partial charge is 0.365 e. The number of aliphatic imine (C=N–C) groups is 1. The second-order valence-electron chi connectivity index (χ2n) is 9.11. The number of hydrazine groups is 1. The summed E-state index contributed by atoms with van der Waals surface area (Å²) in [7, 11) is 0. The summed E-state index contributed by atoms with van der Waals surface area (Å²) in [5.41, 5.74) is 8.70. The number of carbonyl (C=O) groups is 2. The minimum absolute atomic E-state index is 0.0275. The highest BCUT2D eigenvalue weighted by atomic mass is 16.7. The van der Waals surface area contributed by atoms with Crippen molar-refractivity contribution < 1.29 is 14.6 Å². The van der Waals surface area contributed by atoms with Crippen LogP contribution in [0.25, 0.3) is 0 Å². The molecule has 32 heavy (non-hydrogen) atoms. The number of guanidine groups is 1. The molecule has 0 fully saturated rings. The Bertz CT molecular complexity index is 800. The van der Waals surface area contributed by atoms with E-state index in [1.54, 1.807) is 17.6 Å². The SMILES string of the molecule is CC(C)CCNC(=O)[C@H](CCCN=C(N)N[N+](=O)[O-])NC(=O)c1ccc(C(C)(C)C)cc1. The molecular formula is C22H36N6O4. The molecule has 0 aliphatic rings. The van der Waals surface area contributed by atoms with Gasteiger partial charge in [-0.15, -0.1) is 0 Å². The van der Waals surface area contributed by atoms with Crippen molar-refractivity contribution in [3.05, 3.63) is 45.5 Å². The minimum Gasteiger partial charge on any atom is -0.365 e. The van der Waals surface area contributed by atoms with Crippen molar-refractivity contribution in [1.29, 1.82) is 0 Å². The van der Waals surface area contributed by atoms with Crippen LogP contribution in [0.15, 0.2) is 29.3 Å². The zero-order chi connectivity index (χ0) is 24.3. The molecule has 0 saturated heterocycles. The maximum Gasteiger partial charge on any atom is 0.251 e. The van der Waals surface area contributed by atoms with Crippen LogP contribution in [0.4, 0.5) is 0 Å². The van der Waals surface area contributed by atoms with E-state index >= 15 is 0 Å². The van der Waals surface area contributed by atoms with Gasteiger partial charge in [-0.2, -0.15) is 0 Å². The maximum absolute atomic E-state index is 12.7. The first-order valence-electron chi connectivity index (χ1n) is 10.8. The number of hydrogen-bond donors (Lipinski definition) is 4. The highest BCUT2D eigenvalue weighted by molar-refractivity contribution is 5.97. The highest BCUT2D eigenvalue weighted by Crippen LogP contribution is 2.22. The summed E-state index contributed by atoms with van der Waals surface area (Å²) in [5, 5.41) is 15.2. The lowest BCUT2D eigenvalue weighted by atomic mass is 9.86. The monoisotopic (exact) mass is 448 g/mol. The smallest absolute Gasteiger partial charge is 0.251 e. The first kappa shape index (κ1) is 26.9. The van der Waals surface area contributed by atoms with E-state index in [-0.39, 0.29) is 29.7 Å². The standard InChI is InChI=1S/C22H36N6O4/c1-15(2)12-14-24-20(30)18(7-6-13-25-21(23)27-28(31)32)26-19(29)16-8-10-17(11-9-16)22(3,4)5/h8-11,15,18H,6-7,12-14H2,1-5H3,(H,24,30)(H,26,29)(H3,23,25,27)/t18-/m0/s1. The normalized spacial score (nSPS) is 12.9. The van der Waals surface area contributed by atoms with Crippen molar-refractivity contribution in [3.63, 3.8) is 0 Å². The van der Waals surface area contributed by atoms with Crippen molar-refractivity contribution in [2.75, 3.05) is 13.1 Å². The van der Waals surface area contributed by atoms with Crippen molar-refractivity contribution in [2.45, 2.75) is 65.3 Å². The molecular weight excluding hydrogens is 412 g/mol. The average Bonchev–Trinajstić information content (AvgIpc) is 2.68. The summed E-state index contributed by atoms with van der Waals surface area (Å²) in [5.74, 6) is -0.481. The Hall–Kier alpha value is -3.17. The molecule has 10 nitrogen and oxygen atoms in total. The van der Waals surface area contributed by atoms with Gasteiger partial charge >= 0.3 is 0 Å². The quantitative estimate of drug-likeness (QED) is 0.134. The van der Waals surface area contributed by atoms with Crippen LogP contribution in [-0.2, 0) is 10.2 Å². The van der Waals surface area contributed by atoms with Crippen LogP contribution in [-0.4, -0.2) is 41.9 Å². The Morgan fingerprint density at radius 3 is 2.31 bits per heavy atom. The Kier molecular flexibility index (Phi) is 10.6. The molecule has 1 atom stereocenters. The number of rotatable bonds is 11. The molecule has 0 heterocycles. The number of carbonyl (C=O) groups excluding carboxylic acids is 2. The lowest BCUT2D eigenvalue weighted by Gasteiger charge is -2.20. The fourth-order valence-electron chi connectivity index (χ4n) is 2.86. The fourth-order valence-corrected chi connectivity index (χ4v) is 2.86. The molecule has 0 saturated carbocycles.